The maximum atomic E-state index is 12.3. The molecule has 0 radical (unpaired) electrons. The van der Waals surface area contributed by atoms with Gasteiger partial charge in [0.2, 0.25) is 0 Å². The summed E-state index contributed by atoms with van der Waals surface area (Å²) in [4.78, 5) is 10.0. The fourth-order valence-electron chi connectivity index (χ4n) is 0.787. The highest BCUT2D eigenvalue weighted by Gasteiger charge is 2.75. The lowest BCUT2D eigenvalue weighted by Gasteiger charge is -2.25. The number of alkyl halides is 7. The molecule has 0 amide bonds. The maximum Gasteiger partial charge on any atom is 0.513 e. The largest absolute Gasteiger partial charge is 0.513 e. The van der Waals surface area contributed by atoms with Crippen molar-refractivity contribution < 1.29 is 45.0 Å². The van der Waals surface area contributed by atoms with Crippen LogP contribution < -0.4 is 0 Å². The molecule has 0 saturated carbocycles. The van der Waals surface area contributed by atoms with Crippen molar-refractivity contribution in [2.75, 3.05) is 0 Å². The Hall–Kier alpha value is -1.22. The summed E-state index contributed by atoms with van der Waals surface area (Å²) in [6, 6.07) is 0. The van der Waals surface area contributed by atoms with Crippen LogP contribution in [0.2, 0.25) is 0 Å². The molecule has 0 N–H and O–H groups in total. The topological polar surface area (TPSA) is 35.5 Å². The minimum absolute atomic E-state index is 2.28. The third kappa shape index (κ3) is 1.79. The van der Waals surface area contributed by atoms with Crippen molar-refractivity contribution in [1.82, 2.24) is 0 Å². The highest BCUT2D eigenvalue weighted by molar-refractivity contribution is 5.63. The van der Waals surface area contributed by atoms with Gasteiger partial charge in [0.15, 0.2) is 0 Å². The van der Waals surface area contributed by atoms with Gasteiger partial charge in [-0.1, -0.05) is 0 Å². The molecule has 0 aromatic carbocycles. The van der Waals surface area contributed by atoms with Crippen LogP contribution in [0.15, 0.2) is 0 Å². The zero-order valence-corrected chi connectivity index (χ0v) is 6.45. The normalized spacial score (nSPS) is 26.1. The number of hydrogen-bond acceptors (Lipinski definition) is 3. The van der Waals surface area contributed by atoms with Gasteiger partial charge < -0.3 is 9.47 Å². The van der Waals surface area contributed by atoms with Crippen LogP contribution in [0.25, 0.3) is 0 Å². The second kappa shape index (κ2) is 2.89. The van der Waals surface area contributed by atoms with Gasteiger partial charge in [-0.2, -0.15) is 30.7 Å². The molecule has 0 aromatic rings. The summed E-state index contributed by atoms with van der Waals surface area (Å²) in [5.41, 5.74) is 0. The minimum Gasteiger partial charge on any atom is -0.413 e. The third-order valence-corrected chi connectivity index (χ3v) is 1.45. The van der Waals surface area contributed by atoms with Gasteiger partial charge in [-0.15, -0.1) is 0 Å². The predicted octanol–water partition coefficient (Wildman–Crippen LogP) is 2.31. The highest BCUT2D eigenvalue weighted by atomic mass is 19.4. The zero-order chi connectivity index (χ0) is 12.1. The summed E-state index contributed by atoms with van der Waals surface area (Å²) in [5, 5.41) is 0. The van der Waals surface area contributed by atoms with E-state index in [2.05, 4.69) is 9.47 Å². The zero-order valence-electron chi connectivity index (χ0n) is 6.45. The first kappa shape index (κ1) is 11.9. The summed E-state index contributed by atoms with van der Waals surface area (Å²) in [6.07, 6.45) is -17.6. The van der Waals surface area contributed by atoms with Gasteiger partial charge in [0, 0.05) is 0 Å². The van der Waals surface area contributed by atoms with Gasteiger partial charge in [-0.25, -0.2) is 4.79 Å². The molecule has 0 bridgehead atoms. The van der Waals surface area contributed by atoms with Crippen molar-refractivity contribution >= 4 is 6.16 Å². The molecule has 0 spiro atoms. The molecule has 1 unspecified atom stereocenters. The molecule has 1 aliphatic rings. The SMILES string of the molecule is O=C1OC(C(F)(F)C(F)(F)F)C(F)(F)O1. The van der Waals surface area contributed by atoms with Gasteiger partial charge in [0.1, 0.15) is 0 Å². The van der Waals surface area contributed by atoms with Crippen LogP contribution in [0.5, 0.6) is 0 Å². The van der Waals surface area contributed by atoms with Crippen LogP contribution in [0, 0.1) is 0 Å². The molecule has 1 heterocycles. The fraction of sp³-hybridized carbons (Fsp3) is 0.800. The summed E-state index contributed by atoms with van der Waals surface area (Å²) in [5.74, 6) is -5.89. The van der Waals surface area contributed by atoms with Crippen LogP contribution in [0.4, 0.5) is 35.5 Å². The van der Waals surface area contributed by atoms with E-state index in [1.54, 1.807) is 0 Å². The van der Waals surface area contributed by atoms with Crippen molar-refractivity contribution in [3.63, 3.8) is 0 Å². The second-order valence-electron chi connectivity index (χ2n) is 2.53. The number of cyclic esters (lactones) is 2. The lowest BCUT2D eigenvalue weighted by molar-refractivity contribution is -0.346. The summed E-state index contributed by atoms with van der Waals surface area (Å²) in [6.45, 7) is 0. The third-order valence-electron chi connectivity index (χ3n) is 1.45. The molecular formula is C5HF7O3. The van der Waals surface area contributed by atoms with Crippen molar-refractivity contribution in [2.24, 2.45) is 0 Å². The molecule has 15 heavy (non-hydrogen) atoms. The quantitative estimate of drug-likeness (QED) is 0.522. The van der Waals surface area contributed by atoms with E-state index in [0.717, 1.165) is 0 Å². The Morgan fingerprint density at radius 3 is 1.87 bits per heavy atom. The lowest BCUT2D eigenvalue weighted by atomic mass is 10.1. The van der Waals surface area contributed by atoms with Crippen molar-refractivity contribution in [3.05, 3.63) is 0 Å². The summed E-state index contributed by atoms with van der Waals surface area (Å²) >= 11 is 0. The monoisotopic (exact) mass is 242 g/mol. The van der Waals surface area contributed by atoms with Crippen LogP contribution in [0.3, 0.4) is 0 Å². The molecule has 3 nitrogen and oxygen atoms in total. The number of rotatable bonds is 1. The van der Waals surface area contributed by atoms with Gasteiger partial charge in [-0.05, 0) is 0 Å². The average Bonchev–Trinajstić information content (AvgIpc) is 2.21. The van der Waals surface area contributed by atoms with Crippen molar-refractivity contribution in [3.8, 4) is 0 Å². The maximum absolute atomic E-state index is 12.3. The molecular weight excluding hydrogens is 241 g/mol. The molecule has 1 aliphatic heterocycles. The molecule has 1 atom stereocenters. The van der Waals surface area contributed by atoms with Crippen molar-refractivity contribution in [2.45, 2.75) is 24.3 Å². The van der Waals surface area contributed by atoms with Crippen LogP contribution in [-0.4, -0.2) is 30.5 Å². The Bertz CT molecular complexity index is 283. The minimum atomic E-state index is -6.27. The first-order valence-corrected chi connectivity index (χ1v) is 3.20. The smallest absolute Gasteiger partial charge is 0.413 e. The van der Waals surface area contributed by atoms with E-state index >= 15 is 0 Å². The van der Waals surface area contributed by atoms with E-state index in [1.807, 2.05) is 0 Å². The van der Waals surface area contributed by atoms with Gasteiger partial charge in [0.05, 0.1) is 0 Å². The molecule has 1 rings (SSSR count). The first-order chi connectivity index (χ1) is 6.48. The Balaban J connectivity index is 3.03. The van der Waals surface area contributed by atoms with E-state index in [9.17, 15) is 35.5 Å². The number of carbonyl (C=O) groups excluding carboxylic acids is 1. The summed E-state index contributed by atoms with van der Waals surface area (Å²) in [7, 11) is 0. The van der Waals surface area contributed by atoms with Gasteiger partial charge >= 0.3 is 24.4 Å². The van der Waals surface area contributed by atoms with Crippen molar-refractivity contribution in [1.29, 1.82) is 0 Å². The number of carbonyl (C=O) groups is 1. The van der Waals surface area contributed by atoms with Crippen LogP contribution in [0.1, 0.15) is 0 Å². The number of halogens is 7. The molecule has 10 heteroatoms. The first-order valence-electron chi connectivity index (χ1n) is 3.20. The number of ether oxygens (including phenoxy) is 2. The Labute approximate surface area is 76.7 Å². The summed E-state index contributed by atoms with van der Waals surface area (Å²) < 4.78 is 90.2. The molecule has 88 valence electrons. The van der Waals surface area contributed by atoms with E-state index in [4.69, 9.17) is 0 Å². The Morgan fingerprint density at radius 2 is 1.60 bits per heavy atom. The van der Waals surface area contributed by atoms with Crippen LogP contribution in [-0.2, 0) is 9.47 Å². The molecule has 1 saturated heterocycles. The standard InChI is InChI=1S/C5HF7O3/c6-3(7,5(10,11)12)1-4(8,9)15-2(13)14-1/h1H. The molecule has 1 fully saturated rings. The number of hydrogen-bond donors (Lipinski definition) is 0. The molecule has 0 aliphatic carbocycles. The van der Waals surface area contributed by atoms with E-state index in [-0.39, 0.29) is 0 Å². The van der Waals surface area contributed by atoms with Crippen LogP contribution >= 0.6 is 0 Å². The Kier molecular flexibility index (Phi) is 2.28. The van der Waals surface area contributed by atoms with Gasteiger partial charge in [-0.3, -0.25) is 0 Å². The highest BCUT2D eigenvalue weighted by Crippen LogP contribution is 2.47. The lowest BCUT2D eigenvalue weighted by Crippen LogP contribution is -2.53. The van der Waals surface area contributed by atoms with E-state index in [1.165, 1.54) is 0 Å². The molecule has 0 aromatic heterocycles. The van der Waals surface area contributed by atoms with E-state index in [0.29, 0.717) is 0 Å². The van der Waals surface area contributed by atoms with Gasteiger partial charge in [0.25, 0.3) is 6.10 Å². The van der Waals surface area contributed by atoms with E-state index < -0.39 is 30.5 Å². The fourth-order valence-corrected chi connectivity index (χ4v) is 0.787. The Morgan fingerprint density at radius 1 is 1.13 bits per heavy atom. The second-order valence-corrected chi connectivity index (χ2v) is 2.53. The average molecular weight is 242 g/mol. The predicted molar refractivity (Wildman–Crippen MR) is 27.3 cm³/mol.